The van der Waals surface area contributed by atoms with Gasteiger partial charge in [0.25, 0.3) is 0 Å². The van der Waals surface area contributed by atoms with E-state index in [0.717, 1.165) is 31.4 Å². The highest BCUT2D eigenvalue weighted by molar-refractivity contribution is 5.98. The monoisotopic (exact) mass is 361 g/mol. The summed E-state index contributed by atoms with van der Waals surface area (Å²) in [5.74, 6) is 0.231. The van der Waals surface area contributed by atoms with E-state index in [2.05, 4.69) is 5.32 Å². The van der Waals surface area contributed by atoms with Crippen LogP contribution in [0.5, 0.6) is 5.75 Å². The van der Waals surface area contributed by atoms with E-state index in [-0.39, 0.29) is 30.6 Å². The number of carbonyl (C=O) groups is 2. The van der Waals surface area contributed by atoms with Crippen molar-refractivity contribution < 1.29 is 23.8 Å². The molecule has 0 aromatic heterocycles. The Morgan fingerprint density at radius 2 is 1.77 bits per heavy atom. The average molecular weight is 361 g/mol. The molecule has 3 rings (SSSR count). The molecule has 0 atom stereocenters. The smallest absolute Gasteiger partial charge is 0.220 e. The number of carbonyl (C=O) groups excluding carboxylic acids is 2. The summed E-state index contributed by atoms with van der Waals surface area (Å²) in [5.41, 5.74) is 0.608. The van der Waals surface area contributed by atoms with Gasteiger partial charge in [0.1, 0.15) is 5.75 Å². The molecule has 142 valence electrons. The second kappa shape index (κ2) is 8.64. The normalized spacial score (nSPS) is 19.4. The minimum Gasteiger partial charge on any atom is -0.494 e. The molecule has 1 N–H and O–H groups in total. The highest BCUT2D eigenvalue weighted by Crippen LogP contribution is 2.35. The van der Waals surface area contributed by atoms with Crippen molar-refractivity contribution in [2.24, 2.45) is 0 Å². The molecule has 1 saturated heterocycles. The lowest BCUT2D eigenvalue weighted by Crippen LogP contribution is -2.44. The van der Waals surface area contributed by atoms with Crippen LogP contribution in [0.3, 0.4) is 0 Å². The Labute approximate surface area is 154 Å². The van der Waals surface area contributed by atoms with Crippen molar-refractivity contribution >= 4 is 11.7 Å². The zero-order chi connectivity index (χ0) is 18.4. The minimum atomic E-state index is -0.412. The Balaban J connectivity index is 1.39. The molecule has 1 aromatic rings. The third-order valence-corrected chi connectivity index (χ3v) is 4.99. The summed E-state index contributed by atoms with van der Waals surface area (Å²) < 4.78 is 16.8. The van der Waals surface area contributed by atoms with E-state index in [4.69, 9.17) is 14.2 Å². The van der Waals surface area contributed by atoms with E-state index >= 15 is 0 Å². The summed E-state index contributed by atoms with van der Waals surface area (Å²) >= 11 is 0. The maximum Gasteiger partial charge on any atom is 0.220 e. The van der Waals surface area contributed by atoms with Gasteiger partial charge in [0, 0.05) is 37.3 Å². The van der Waals surface area contributed by atoms with E-state index < -0.39 is 5.79 Å². The molecule has 0 bridgehead atoms. The predicted octanol–water partition coefficient (Wildman–Crippen LogP) is 2.85. The van der Waals surface area contributed by atoms with Crippen LogP contribution in [0, 0.1) is 0 Å². The summed E-state index contributed by atoms with van der Waals surface area (Å²) in [5, 5.41) is 3.04. The molecule has 1 heterocycles. The van der Waals surface area contributed by atoms with Crippen molar-refractivity contribution in [2.75, 3.05) is 19.8 Å². The number of ketones is 1. The van der Waals surface area contributed by atoms with Gasteiger partial charge in [-0.15, -0.1) is 0 Å². The number of nitrogens with one attached hydrogen (secondary N) is 1. The van der Waals surface area contributed by atoms with Crippen molar-refractivity contribution in [2.45, 2.75) is 57.3 Å². The molecule has 1 spiro atoms. The molecule has 1 amide bonds. The van der Waals surface area contributed by atoms with Crippen LogP contribution in [-0.4, -0.2) is 43.3 Å². The lowest BCUT2D eigenvalue weighted by atomic mass is 9.90. The number of hydrogen-bond donors (Lipinski definition) is 1. The SMILES string of the molecule is CCOc1ccc(C(=O)CCC(=O)NC2CCC3(CC2)OCCO3)cc1. The van der Waals surface area contributed by atoms with Crippen molar-refractivity contribution in [1.82, 2.24) is 5.32 Å². The zero-order valence-electron chi connectivity index (χ0n) is 15.3. The molecule has 6 nitrogen and oxygen atoms in total. The molecule has 1 aliphatic carbocycles. The summed E-state index contributed by atoms with van der Waals surface area (Å²) in [6.45, 7) is 3.82. The summed E-state index contributed by atoms with van der Waals surface area (Å²) in [4.78, 5) is 24.4. The third-order valence-electron chi connectivity index (χ3n) is 4.99. The van der Waals surface area contributed by atoms with Crippen LogP contribution in [0.15, 0.2) is 24.3 Å². The highest BCUT2D eigenvalue weighted by Gasteiger charge is 2.40. The average Bonchev–Trinajstić information content (AvgIpc) is 3.11. The van der Waals surface area contributed by atoms with Gasteiger partial charge in [0.05, 0.1) is 19.8 Å². The van der Waals surface area contributed by atoms with Crippen molar-refractivity contribution in [1.29, 1.82) is 0 Å². The van der Waals surface area contributed by atoms with Gasteiger partial charge in [-0.2, -0.15) is 0 Å². The van der Waals surface area contributed by atoms with E-state index in [1.807, 2.05) is 6.92 Å². The van der Waals surface area contributed by atoms with Crippen LogP contribution in [0.25, 0.3) is 0 Å². The molecule has 2 aliphatic rings. The first-order valence-electron chi connectivity index (χ1n) is 9.43. The molecule has 0 unspecified atom stereocenters. The number of benzene rings is 1. The van der Waals surface area contributed by atoms with E-state index in [1.54, 1.807) is 24.3 Å². The first-order valence-corrected chi connectivity index (χ1v) is 9.43. The second-order valence-electron chi connectivity index (χ2n) is 6.83. The molecular formula is C20H27NO5. The number of hydrogen-bond acceptors (Lipinski definition) is 5. The lowest BCUT2D eigenvalue weighted by Gasteiger charge is -2.35. The first kappa shape index (κ1) is 18.9. The fourth-order valence-electron chi connectivity index (χ4n) is 3.56. The zero-order valence-corrected chi connectivity index (χ0v) is 15.3. The van der Waals surface area contributed by atoms with Gasteiger partial charge >= 0.3 is 0 Å². The van der Waals surface area contributed by atoms with Gasteiger partial charge in [0.2, 0.25) is 5.91 Å². The third kappa shape index (κ3) is 4.83. The van der Waals surface area contributed by atoms with Crippen LogP contribution < -0.4 is 10.1 Å². The van der Waals surface area contributed by atoms with Crippen LogP contribution in [0.4, 0.5) is 0 Å². The van der Waals surface area contributed by atoms with Crippen molar-refractivity contribution in [3.8, 4) is 5.75 Å². The van der Waals surface area contributed by atoms with Gasteiger partial charge in [-0.05, 0) is 44.0 Å². The van der Waals surface area contributed by atoms with Crippen LogP contribution in [0.1, 0.15) is 55.8 Å². The first-order chi connectivity index (χ1) is 12.6. The van der Waals surface area contributed by atoms with Crippen molar-refractivity contribution in [3.63, 3.8) is 0 Å². The highest BCUT2D eigenvalue weighted by atomic mass is 16.7. The summed E-state index contributed by atoms with van der Waals surface area (Å²) in [6.07, 6.45) is 3.73. The lowest BCUT2D eigenvalue weighted by molar-refractivity contribution is -0.180. The summed E-state index contributed by atoms with van der Waals surface area (Å²) in [6, 6.07) is 7.19. The minimum absolute atomic E-state index is 0.0291. The molecule has 2 fully saturated rings. The Kier molecular flexibility index (Phi) is 6.27. The van der Waals surface area contributed by atoms with E-state index in [0.29, 0.717) is 25.4 Å². The molecular weight excluding hydrogens is 334 g/mol. The Morgan fingerprint density at radius 1 is 1.12 bits per heavy atom. The van der Waals surface area contributed by atoms with Gasteiger partial charge < -0.3 is 19.5 Å². The van der Waals surface area contributed by atoms with Gasteiger partial charge in [-0.25, -0.2) is 0 Å². The van der Waals surface area contributed by atoms with Gasteiger partial charge in [-0.3, -0.25) is 9.59 Å². The number of amides is 1. The fourth-order valence-corrected chi connectivity index (χ4v) is 3.56. The predicted molar refractivity (Wildman–Crippen MR) is 96.2 cm³/mol. The van der Waals surface area contributed by atoms with Gasteiger partial charge in [0.15, 0.2) is 11.6 Å². The van der Waals surface area contributed by atoms with Crippen LogP contribution in [0.2, 0.25) is 0 Å². The molecule has 1 aromatic carbocycles. The standard InChI is InChI=1S/C20H27NO5/c1-2-24-17-5-3-15(4-6-17)18(22)7-8-19(23)21-16-9-11-20(12-10-16)25-13-14-26-20/h3-6,16H,2,7-14H2,1H3,(H,21,23). The Morgan fingerprint density at radius 3 is 2.38 bits per heavy atom. The number of ether oxygens (including phenoxy) is 3. The molecule has 1 aliphatic heterocycles. The Bertz CT molecular complexity index is 612. The van der Waals surface area contributed by atoms with Crippen LogP contribution in [-0.2, 0) is 14.3 Å². The second-order valence-corrected chi connectivity index (χ2v) is 6.83. The number of Topliss-reactive ketones (excluding diaryl/α,β-unsaturated/α-hetero) is 1. The van der Waals surface area contributed by atoms with Gasteiger partial charge in [-0.1, -0.05) is 0 Å². The molecule has 26 heavy (non-hydrogen) atoms. The van der Waals surface area contributed by atoms with Crippen LogP contribution >= 0.6 is 0 Å². The van der Waals surface area contributed by atoms with E-state index in [1.165, 1.54) is 0 Å². The van der Waals surface area contributed by atoms with Crippen molar-refractivity contribution in [3.05, 3.63) is 29.8 Å². The molecule has 0 radical (unpaired) electrons. The van der Waals surface area contributed by atoms with E-state index in [9.17, 15) is 9.59 Å². The maximum absolute atomic E-state index is 12.2. The molecule has 1 saturated carbocycles. The fraction of sp³-hybridized carbons (Fsp3) is 0.600. The quantitative estimate of drug-likeness (QED) is 0.756. The number of rotatable bonds is 7. The molecule has 6 heteroatoms. The Hall–Kier alpha value is -1.92. The summed E-state index contributed by atoms with van der Waals surface area (Å²) in [7, 11) is 0. The largest absolute Gasteiger partial charge is 0.494 e. The topological polar surface area (TPSA) is 73.9 Å². The maximum atomic E-state index is 12.2.